The summed E-state index contributed by atoms with van der Waals surface area (Å²) < 4.78 is 0. The molecule has 0 aliphatic rings. The van der Waals surface area contributed by atoms with Gasteiger partial charge in [0.25, 0.3) is 0 Å². The Morgan fingerprint density at radius 3 is 2.85 bits per heavy atom. The number of aromatic hydroxyl groups is 1. The van der Waals surface area contributed by atoms with Gasteiger partial charge in [-0.25, -0.2) is 0 Å². The lowest BCUT2D eigenvalue weighted by Crippen LogP contribution is -1.94. The Labute approximate surface area is 81.5 Å². The largest absolute Gasteiger partial charge is 0.506 e. The van der Waals surface area contributed by atoms with Crippen LogP contribution in [0, 0.1) is 0 Å². The van der Waals surface area contributed by atoms with E-state index in [4.69, 9.17) is 11.6 Å². The standard InChI is InChI=1S/C10H9ClO2/c1-2-4-9(12)7-5-3-6-8(11)10(7)13/h2-6,13H,1H3/b4-2+. The number of carbonyl (C=O) groups excluding carboxylic acids is 1. The summed E-state index contributed by atoms with van der Waals surface area (Å²) in [5.41, 5.74) is 0.227. The number of phenolic OH excluding ortho intramolecular Hbond substituents is 1. The Morgan fingerprint density at radius 1 is 1.54 bits per heavy atom. The fraction of sp³-hybridized carbons (Fsp3) is 0.100. The van der Waals surface area contributed by atoms with E-state index in [9.17, 15) is 9.90 Å². The fourth-order valence-corrected chi connectivity index (χ4v) is 1.13. The second-order valence-corrected chi connectivity index (χ2v) is 2.91. The molecule has 1 aromatic rings. The van der Waals surface area contributed by atoms with Gasteiger partial charge in [-0.3, -0.25) is 4.79 Å². The Bertz CT molecular complexity index is 356. The third-order valence-electron chi connectivity index (χ3n) is 1.57. The van der Waals surface area contributed by atoms with Gasteiger partial charge in [-0.05, 0) is 25.1 Å². The summed E-state index contributed by atoms with van der Waals surface area (Å²) in [5, 5.41) is 9.60. The normalized spacial score (nSPS) is 10.6. The lowest BCUT2D eigenvalue weighted by molar-refractivity contribution is 0.104. The summed E-state index contributed by atoms with van der Waals surface area (Å²) in [6.45, 7) is 1.74. The molecule has 13 heavy (non-hydrogen) atoms. The van der Waals surface area contributed by atoms with Crippen LogP contribution in [0.25, 0.3) is 0 Å². The number of rotatable bonds is 2. The van der Waals surface area contributed by atoms with E-state index in [1.165, 1.54) is 18.2 Å². The van der Waals surface area contributed by atoms with Crippen molar-refractivity contribution in [1.29, 1.82) is 0 Å². The first-order valence-electron chi connectivity index (χ1n) is 3.81. The maximum absolute atomic E-state index is 11.3. The minimum atomic E-state index is -0.248. The maximum Gasteiger partial charge on any atom is 0.189 e. The second-order valence-electron chi connectivity index (χ2n) is 2.50. The van der Waals surface area contributed by atoms with Crippen LogP contribution >= 0.6 is 11.6 Å². The Kier molecular flexibility index (Phi) is 3.09. The first-order valence-corrected chi connectivity index (χ1v) is 4.19. The number of para-hydroxylation sites is 1. The highest BCUT2D eigenvalue weighted by atomic mass is 35.5. The molecule has 1 aromatic carbocycles. The lowest BCUT2D eigenvalue weighted by Gasteiger charge is -2.01. The molecule has 0 fully saturated rings. The number of carbonyl (C=O) groups is 1. The first-order chi connectivity index (χ1) is 6.16. The van der Waals surface area contributed by atoms with Crippen LogP contribution in [0.2, 0.25) is 5.02 Å². The van der Waals surface area contributed by atoms with Crippen molar-refractivity contribution in [3.05, 3.63) is 40.9 Å². The molecule has 0 saturated heterocycles. The van der Waals surface area contributed by atoms with Crippen LogP contribution in [0.3, 0.4) is 0 Å². The molecular weight excluding hydrogens is 188 g/mol. The molecule has 3 heteroatoms. The van der Waals surface area contributed by atoms with Crippen molar-refractivity contribution >= 4 is 17.4 Å². The SMILES string of the molecule is C/C=C/C(=O)c1cccc(Cl)c1O. The van der Waals surface area contributed by atoms with Crippen LogP contribution < -0.4 is 0 Å². The van der Waals surface area contributed by atoms with Crippen molar-refractivity contribution in [2.75, 3.05) is 0 Å². The first kappa shape index (κ1) is 9.81. The molecular formula is C10H9ClO2. The molecule has 0 amide bonds. The highest BCUT2D eigenvalue weighted by Crippen LogP contribution is 2.27. The molecule has 0 aliphatic carbocycles. The highest BCUT2D eigenvalue weighted by Gasteiger charge is 2.09. The molecule has 0 atom stereocenters. The number of allylic oxidation sites excluding steroid dienone is 2. The van der Waals surface area contributed by atoms with Crippen molar-refractivity contribution in [1.82, 2.24) is 0 Å². The van der Waals surface area contributed by atoms with E-state index in [1.54, 1.807) is 19.1 Å². The minimum Gasteiger partial charge on any atom is -0.506 e. The predicted molar refractivity (Wildman–Crippen MR) is 52.3 cm³/mol. The molecule has 0 heterocycles. The molecule has 0 aliphatic heterocycles. The van der Waals surface area contributed by atoms with Gasteiger partial charge in [0, 0.05) is 0 Å². The van der Waals surface area contributed by atoms with Gasteiger partial charge >= 0.3 is 0 Å². The smallest absolute Gasteiger partial charge is 0.189 e. The Hall–Kier alpha value is -1.28. The van der Waals surface area contributed by atoms with Crippen molar-refractivity contribution in [2.45, 2.75) is 6.92 Å². The van der Waals surface area contributed by atoms with E-state index in [0.29, 0.717) is 0 Å². The van der Waals surface area contributed by atoms with Gasteiger partial charge in [0.15, 0.2) is 5.78 Å². The van der Waals surface area contributed by atoms with E-state index in [2.05, 4.69) is 0 Å². The third-order valence-corrected chi connectivity index (χ3v) is 1.88. The zero-order valence-corrected chi connectivity index (χ0v) is 7.88. The van der Waals surface area contributed by atoms with Gasteiger partial charge in [0.1, 0.15) is 5.75 Å². The summed E-state index contributed by atoms with van der Waals surface area (Å²) in [5.74, 6) is -0.408. The van der Waals surface area contributed by atoms with Crippen LogP contribution in [-0.4, -0.2) is 10.9 Å². The molecule has 0 aromatic heterocycles. The minimum absolute atomic E-state index is 0.160. The highest BCUT2D eigenvalue weighted by molar-refractivity contribution is 6.32. The van der Waals surface area contributed by atoms with Crippen LogP contribution in [0.1, 0.15) is 17.3 Å². The van der Waals surface area contributed by atoms with Crippen molar-refractivity contribution < 1.29 is 9.90 Å². The average molecular weight is 197 g/mol. The molecule has 0 saturated carbocycles. The summed E-state index contributed by atoms with van der Waals surface area (Å²) in [7, 11) is 0. The molecule has 68 valence electrons. The number of hydrogen-bond acceptors (Lipinski definition) is 2. The van der Waals surface area contributed by atoms with E-state index in [1.807, 2.05) is 0 Å². The predicted octanol–water partition coefficient (Wildman–Crippen LogP) is 2.80. The number of halogens is 1. The molecule has 0 spiro atoms. The summed E-state index contributed by atoms with van der Waals surface area (Å²) in [6.07, 6.45) is 2.99. The number of hydrogen-bond donors (Lipinski definition) is 1. The van der Waals surface area contributed by atoms with E-state index >= 15 is 0 Å². The average Bonchev–Trinajstić information content (AvgIpc) is 2.10. The van der Waals surface area contributed by atoms with Crippen molar-refractivity contribution in [3.63, 3.8) is 0 Å². The van der Waals surface area contributed by atoms with Crippen LogP contribution in [0.15, 0.2) is 30.4 Å². The quantitative estimate of drug-likeness (QED) is 0.584. The van der Waals surface area contributed by atoms with Crippen molar-refractivity contribution in [3.8, 4) is 5.75 Å². The third kappa shape index (κ3) is 2.10. The molecule has 1 N–H and O–H groups in total. The van der Waals surface area contributed by atoms with Gasteiger partial charge in [-0.15, -0.1) is 0 Å². The maximum atomic E-state index is 11.3. The Morgan fingerprint density at radius 2 is 2.23 bits per heavy atom. The van der Waals surface area contributed by atoms with Crippen LogP contribution in [0.5, 0.6) is 5.75 Å². The fourth-order valence-electron chi connectivity index (χ4n) is 0.955. The summed E-state index contributed by atoms with van der Waals surface area (Å²) >= 11 is 5.63. The van der Waals surface area contributed by atoms with Gasteiger partial charge in [0.2, 0.25) is 0 Å². The van der Waals surface area contributed by atoms with Crippen LogP contribution in [-0.2, 0) is 0 Å². The molecule has 0 radical (unpaired) electrons. The molecule has 1 rings (SSSR count). The lowest BCUT2D eigenvalue weighted by atomic mass is 10.1. The zero-order valence-electron chi connectivity index (χ0n) is 7.12. The van der Waals surface area contributed by atoms with E-state index < -0.39 is 0 Å². The summed E-state index contributed by atoms with van der Waals surface area (Å²) in [4.78, 5) is 11.3. The molecule has 0 unspecified atom stereocenters. The number of benzene rings is 1. The second kappa shape index (κ2) is 4.10. The van der Waals surface area contributed by atoms with Crippen molar-refractivity contribution in [2.24, 2.45) is 0 Å². The van der Waals surface area contributed by atoms with E-state index in [-0.39, 0.29) is 22.1 Å². The molecule has 2 nitrogen and oxygen atoms in total. The molecule has 0 bridgehead atoms. The number of phenols is 1. The van der Waals surface area contributed by atoms with E-state index in [0.717, 1.165) is 0 Å². The van der Waals surface area contributed by atoms with Crippen LogP contribution in [0.4, 0.5) is 0 Å². The number of ketones is 1. The van der Waals surface area contributed by atoms with Gasteiger partial charge in [-0.2, -0.15) is 0 Å². The topological polar surface area (TPSA) is 37.3 Å². The Balaban J connectivity index is 3.15. The monoisotopic (exact) mass is 196 g/mol. The summed E-state index contributed by atoms with van der Waals surface area (Å²) in [6, 6.07) is 4.69. The van der Waals surface area contributed by atoms with Gasteiger partial charge in [0.05, 0.1) is 10.6 Å². The van der Waals surface area contributed by atoms with Gasteiger partial charge < -0.3 is 5.11 Å². The zero-order chi connectivity index (χ0) is 9.84. The van der Waals surface area contributed by atoms with Gasteiger partial charge in [-0.1, -0.05) is 23.7 Å².